The van der Waals surface area contributed by atoms with Crippen LogP contribution in [0.2, 0.25) is 10.0 Å². The minimum Gasteiger partial charge on any atom is -0.490 e. The van der Waals surface area contributed by atoms with Gasteiger partial charge in [-0.05, 0) is 81.6 Å². The zero-order chi connectivity index (χ0) is 27.4. The minimum absolute atomic E-state index is 0.211. The summed E-state index contributed by atoms with van der Waals surface area (Å²) in [6.45, 7) is 4.55. The summed E-state index contributed by atoms with van der Waals surface area (Å²) >= 11 is 23.0. The highest BCUT2D eigenvalue weighted by atomic mass is 79.9. The van der Waals surface area contributed by atoms with Crippen LogP contribution in [-0.2, 0) is 13.0 Å². The van der Waals surface area contributed by atoms with Crippen LogP contribution in [0, 0.1) is 0 Å². The number of benzene rings is 3. The van der Waals surface area contributed by atoms with Gasteiger partial charge in [-0.3, -0.25) is 4.79 Å². The average Bonchev–Trinajstić information content (AvgIpc) is 2.88. The van der Waals surface area contributed by atoms with E-state index in [9.17, 15) is 4.79 Å². The molecular weight excluding hydrogens is 725 g/mol. The molecule has 3 aromatic carbocycles. The van der Waals surface area contributed by atoms with Crippen molar-refractivity contribution in [3.05, 3.63) is 93.2 Å². The molecular formula is C27H22Br3Cl2N3O3. The fourth-order valence-corrected chi connectivity index (χ4v) is 5.46. The van der Waals surface area contributed by atoms with E-state index in [4.69, 9.17) is 32.7 Å². The molecule has 0 spiro atoms. The van der Waals surface area contributed by atoms with Gasteiger partial charge >= 0.3 is 0 Å². The number of nitrogens with zero attached hydrogens (tertiary/aromatic N) is 3. The number of aromatic nitrogens is 2. The van der Waals surface area contributed by atoms with Crippen molar-refractivity contribution in [3.63, 3.8) is 0 Å². The second-order valence-electron chi connectivity index (χ2n) is 8.18. The number of halogens is 5. The van der Waals surface area contributed by atoms with Gasteiger partial charge in [0.15, 0.2) is 11.5 Å². The second kappa shape index (κ2) is 13.0. The van der Waals surface area contributed by atoms with Gasteiger partial charge in [0.25, 0.3) is 5.56 Å². The predicted molar refractivity (Wildman–Crippen MR) is 164 cm³/mol. The summed E-state index contributed by atoms with van der Waals surface area (Å²) < 4.78 is 15.5. The molecule has 0 fully saturated rings. The zero-order valence-electron chi connectivity index (χ0n) is 20.4. The zero-order valence-corrected chi connectivity index (χ0v) is 26.7. The first-order valence-corrected chi connectivity index (χ1v) is 14.8. The van der Waals surface area contributed by atoms with Crippen LogP contribution in [0.4, 0.5) is 0 Å². The number of hydrogen-bond donors (Lipinski definition) is 0. The van der Waals surface area contributed by atoms with Gasteiger partial charge in [0.05, 0.1) is 28.2 Å². The van der Waals surface area contributed by atoms with Crippen molar-refractivity contribution in [3.8, 4) is 11.5 Å². The molecule has 0 bridgehead atoms. The molecule has 6 nitrogen and oxygen atoms in total. The predicted octanol–water partition coefficient (Wildman–Crippen LogP) is 8.80. The summed E-state index contributed by atoms with van der Waals surface area (Å²) in [4.78, 5) is 18.0. The maximum atomic E-state index is 13.3. The summed E-state index contributed by atoms with van der Waals surface area (Å²) in [5.74, 6) is 1.60. The molecule has 38 heavy (non-hydrogen) atoms. The van der Waals surface area contributed by atoms with Crippen molar-refractivity contribution >= 4 is 88.1 Å². The van der Waals surface area contributed by atoms with Crippen LogP contribution in [0.3, 0.4) is 0 Å². The number of fused-ring (bicyclic) bond motifs is 1. The summed E-state index contributed by atoms with van der Waals surface area (Å²) in [7, 11) is 0. The topological polar surface area (TPSA) is 65.7 Å². The summed E-state index contributed by atoms with van der Waals surface area (Å²) in [6.07, 6.45) is 3.02. The summed E-state index contributed by atoms with van der Waals surface area (Å²) in [6, 6.07) is 12.5. The lowest BCUT2D eigenvalue weighted by Crippen LogP contribution is -2.22. The van der Waals surface area contributed by atoms with E-state index in [0.29, 0.717) is 65.8 Å². The minimum atomic E-state index is -0.240. The Balaban J connectivity index is 1.74. The number of aryl methyl sites for hydroxylation is 1. The highest BCUT2D eigenvalue weighted by Crippen LogP contribution is 2.43. The summed E-state index contributed by atoms with van der Waals surface area (Å²) in [5, 5.41) is 6.09. The molecule has 1 aromatic heterocycles. The van der Waals surface area contributed by atoms with E-state index < -0.39 is 0 Å². The van der Waals surface area contributed by atoms with E-state index in [1.54, 1.807) is 30.5 Å². The van der Waals surface area contributed by atoms with Crippen molar-refractivity contribution in [2.24, 2.45) is 5.10 Å². The van der Waals surface area contributed by atoms with Crippen molar-refractivity contribution in [1.82, 2.24) is 9.66 Å². The lowest BCUT2D eigenvalue weighted by Gasteiger charge is -2.17. The molecule has 0 aliphatic rings. The number of ether oxygens (including phenoxy) is 2. The fraction of sp³-hybridized carbons (Fsp3) is 0.222. The van der Waals surface area contributed by atoms with Gasteiger partial charge in [-0.2, -0.15) is 9.78 Å². The van der Waals surface area contributed by atoms with Crippen molar-refractivity contribution < 1.29 is 9.47 Å². The van der Waals surface area contributed by atoms with E-state index in [1.165, 1.54) is 4.68 Å². The third-order valence-corrected chi connectivity index (χ3v) is 8.73. The van der Waals surface area contributed by atoms with Crippen LogP contribution in [0.15, 0.2) is 65.8 Å². The van der Waals surface area contributed by atoms with Gasteiger partial charge in [-0.1, -0.05) is 52.1 Å². The van der Waals surface area contributed by atoms with E-state index in [0.717, 1.165) is 16.5 Å². The Morgan fingerprint density at radius 1 is 1.03 bits per heavy atom. The normalized spacial score (nSPS) is 11.4. The number of rotatable bonds is 9. The standard InChI is InChI=1S/C27H22Br3Cl2N3O3/c1-3-5-23-34-21-9-7-17(28)11-19(21)27(36)35(23)33-13-16-10-22(37-4-2)26(25(30)24(16)29)38-14-15-6-8-18(31)12-20(15)32/h6-13H,3-5,14H2,1-2H3. The van der Waals surface area contributed by atoms with E-state index in [2.05, 4.69) is 57.9 Å². The third-order valence-electron chi connectivity index (χ3n) is 5.50. The van der Waals surface area contributed by atoms with E-state index in [1.807, 2.05) is 32.0 Å². The van der Waals surface area contributed by atoms with Gasteiger partial charge in [0.2, 0.25) is 0 Å². The van der Waals surface area contributed by atoms with Crippen LogP contribution in [-0.4, -0.2) is 22.5 Å². The monoisotopic (exact) mass is 743 g/mol. The Morgan fingerprint density at radius 2 is 1.82 bits per heavy atom. The smallest absolute Gasteiger partial charge is 0.282 e. The molecule has 0 aliphatic carbocycles. The van der Waals surface area contributed by atoms with Crippen molar-refractivity contribution in [1.29, 1.82) is 0 Å². The van der Waals surface area contributed by atoms with Crippen molar-refractivity contribution in [2.45, 2.75) is 33.3 Å². The van der Waals surface area contributed by atoms with Gasteiger partial charge < -0.3 is 9.47 Å². The lowest BCUT2D eigenvalue weighted by atomic mass is 10.2. The maximum absolute atomic E-state index is 13.3. The fourth-order valence-electron chi connectivity index (χ4n) is 3.70. The van der Waals surface area contributed by atoms with E-state index >= 15 is 0 Å². The Morgan fingerprint density at radius 3 is 2.53 bits per heavy atom. The first-order valence-electron chi connectivity index (χ1n) is 11.7. The molecule has 0 amide bonds. The summed E-state index contributed by atoms with van der Waals surface area (Å²) in [5.41, 5.74) is 1.86. The Kier molecular flexibility index (Phi) is 9.92. The van der Waals surface area contributed by atoms with Crippen LogP contribution in [0.25, 0.3) is 10.9 Å². The quantitative estimate of drug-likeness (QED) is 0.161. The molecule has 4 rings (SSSR count). The first kappa shape index (κ1) is 29.1. The molecule has 0 radical (unpaired) electrons. The average molecular weight is 747 g/mol. The largest absolute Gasteiger partial charge is 0.490 e. The van der Waals surface area contributed by atoms with Gasteiger partial charge in [-0.15, -0.1) is 0 Å². The molecule has 0 saturated carbocycles. The Bertz CT molecular complexity index is 1590. The second-order valence-corrected chi connectivity index (χ2v) is 11.5. The molecule has 4 aromatic rings. The van der Waals surface area contributed by atoms with E-state index in [-0.39, 0.29) is 12.2 Å². The Labute approximate surface area is 255 Å². The molecule has 0 unspecified atom stereocenters. The highest BCUT2D eigenvalue weighted by molar-refractivity contribution is 9.13. The van der Waals surface area contributed by atoms with Crippen LogP contribution in [0.5, 0.6) is 11.5 Å². The van der Waals surface area contributed by atoms with Crippen LogP contribution in [0.1, 0.15) is 37.2 Å². The highest BCUT2D eigenvalue weighted by Gasteiger charge is 2.18. The lowest BCUT2D eigenvalue weighted by molar-refractivity contribution is 0.267. The third kappa shape index (κ3) is 6.45. The Hall–Kier alpha value is -1.91. The van der Waals surface area contributed by atoms with Gasteiger partial charge in [-0.25, -0.2) is 4.98 Å². The molecule has 11 heteroatoms. The number of hydrogen-bond acceptors (Lipinski definition) is 5. The maximum Gasteiger partial charge on any atom is 0.282 e. The van der Waals surface area contributed by atoms with Crippen molar-refractivity contribution in [2.75, 3.05) is 6.61 Å². The van der Waals surface area contributed by atoms with Crippen LogP contribution < -0.4 is 15.0 Å². The molecule has 198 valence electrons. The molecule has 1 heterocycles. The SMILES string of the molecule is CCCc1nc2ccc(Br)cc2c(=O)n1N=Cc1cc(OCC)c(OCc2ccc(Cl)cc2Cl)c(Br)c1Br. The first-order chi connectivity index (χ1) is 18.2. The molecule has 0 atom stereocenters. The molecule has 0 aliphatic heterocycles. The van der Waals surface area contributed by atoms with Crippen LogP contribution >= 0.6 is 71.0 Å². The van der Waals surface area contributed by atoms with Gasteiger partial charge in [0, 0.05) is 36.5 Å². The van der Waals surface area contributed by atoms with Gasteiger partial charge in [0.1, 0.15) is 12.4 Å². The molecule has 0 saturated heterocycles. The molecule has 0 N–H and O–H groups in total.